The van der Waals surface area contributed by atoms with Crippen molar-refractivity contribution in [2.24, 2.45) is 7.05 Å². The number of anilines is 1. The van der Waals surface area contributed by atoms with E-state index in [4.69, 9.17) is 10.4 Å². The van der Waals surface area contributed by atoms with Crippen LogP contribution in [-0.4, -0.2) is 27.9 Å². The van der Waals surface area contributed by atoms with Gasteiger partial charge in [-0.2, -0.15) is 10.4 Å². The first-order valence-corrected chi connectivity index (χ1v) is 5.98. The highest BCUT2D eigenvalue weighted by molar-refractivity contribution is 5.88. The highest BCUT2D eigenvalue weighted by Crippen LogP contribution is 2.18. The highest BCUT2D eigenvalue weighted by Gasteiger charge is 2.16. The van der Waals surface area contributed by atoms with Gasteiger partial charge in [-0.05, 0) is 24.3 Å². The summed E-state index contributed by atoms with van der Waals surface area (Å²) in [6, 6.07) is 9.18. The standard InChI is InChI=1S/C14H14N4O2/c1-17(11-5-3-10(7-15)4-6-11)9-13-12(14(19)20)8-16-18(13)2/h3-6,8H,9H2,1-2H3,(H,19,20). The van der Waals surface area contributed by atoms with Gasteiger partial charge in [0.25, 0.3) is 0 Å². The van der Waals surface area contributed by atoms with E-state index in [2.05, 4.69) is 11.2 Å². The summed E-state index contributed by atoms with van der Waals surface area (Å²) in [7, 11) is 3.58. The van der Waals surface area contributed by atoms with Gasteiger partial charge in [0, 0.05) is 19.8 Å². The molecule has 0 aliphatic heterocycles. The number of benzene rings is 1. The van der Waals surface area contributed by atoms with Gasteiger partial charge in [-0.1, -0.05) is 0 Å². The number of carbonyl (C=O) groups is 1. The third kappa shape index (κ3) is 2.62. The van der Waals surface area contributed by atoms with Crippen LogP contribution < -0.4 is 4.90 Å². The van der Waals surface area contributed by atoms with Gasteiger partial charge < -0.3 is 10.0 Å². The minimum Gasteiger partial charge on any atom is -0.478 e. The van der Waals surface area contributed by atoms with Gasteiger partial charge in [-0.15, -0.1) is 0 Å². The van der Waals surface area contributed by atoms with E-state index in [1.165, 1.54) is 6.20 Å². The zero-order chi connectivity index (χ0) is 14.7. The van der Waals surface area contributed by atoms with E-state index < -0.39 is 5.97 Å². The first-order valence-electron chi connectivity index (χ1n) is 5.98. The first-order chi connectivity index (χ1) is 9.52. The molecule has 1 aromatic carbocycles. The zero-order valence-corrected chi connectivity index (χ0v) is 11.2. The number of aryl methyl sites for hydroxylation is 1. The van der Waals surface area contributed by atoms with Gasteiger partial charge in [0.05, 0.1) is 30.1 Å². The number of nitrogens with zero attached hydrogens (tertiary/aromatic N) is 4. The molecule has 0 aliphatic rings. The lowest BCUT2D eigenvalue weighted by Crippen LogP contribution is -2.20. The summed E-state index contributed by atoms with van der Waals surface area (Å²) in [6.07, 6.45) is 1.35. The molecule has 102 valence electrons. The number of rotatable bonds is 4. The molecule has 2 rings (SSSR count). The predicted molar refractivity (Wildman–Crippen MR) is 73.4 cm³/mol. The summed E-state index contributed by atoms with van der Waals surface area (Å²) in [6.45, 7) is 0.421. The van der Waals surface area contributed by atoms with Gasteiger partial charge in [0.2, 0.25) is 0 Å². The van der Waals surface area contributed by atoms with Crippen LogP contribution in [0.3, 0.4) is 0 Å². The Kier molecular flexibility index (Phi) is 3.71. The molecule has 6 heteroatoms. The molecule has 0 atom stereocenters. The normalized spacial score (nSPS) is 10.1. The van der Waals surface area contributed by atoms with Gasteiger partial charge in [0.1, 0.15) is 5.56 Å². The predicted octanol–water partition coefficient (Wildman–Crippen LogP) is 1.63. The lowest BCUT2D eigenvalue weighted by molar-refractivity contribution is 0.0695. The van der Waals surface area contributed by atoms with Crippen molar-refractivity contribution in [2.75, 3.05) is 11.9 Å². The van der Waals surface area contributed by atoms with Crippen molar-refractivity contribution < 1.29 is 9.90 Å². The van der Waals surface area contributed by atoms with E-state index in [1.54, 1.807) is 23.9 Å². The lowest BCUT2D eigenvalue weighted by Gasteiger charge is -2.19. The summed E-state index contributed by atoms with van der Waals surface area (Å²) in [4.78, 5) is 13.0. The Bertz CT molecular complexity index is 667. The summed E-state index contributed by atoms with van der Waals surface area (Å²) in [5.41, 5.74) is 2.33. The molecule has 0 saturated heterocycles. The van der Waals surface area contributed by atoms with Crippen LogP contribution >= 0.6 is 0 Å². The fourth-order valence-corrected chi connectivity index (χ4v) is 1.94. The first kappa shape index (κ1) is 13.6. The summed E-state index contributed by atoms with van der Waals surface area (Å²) in [5.74, 6) is -0.985. The number of aromatic carboxylic acids is 1. The summed E-state index contributed by atoms with van der Waals surface area (Å²) in [5, 5.41) is 21.9. The number of carboxylic acids is 1. The summed E-state index contributed by atoms with van der Waals surface area (Å²) < 4.78 is 1.56. The molecule has 0 spiro atoms. The molecule has 1 heterocycles. The third-order valence-electron chi connectivity index (χ3n) is 3.12. The van der Waals surface area contributed by atoms with E-state index in [0.29, 0.717) is 17.8 Å². The maximum Gasteiger partial charge on any atom is 0.339 e. The van der Waals surface area contributed by atoms with Gasteiger partial charge in [-0.3, -0.25) is 4.68 Å². The molecular formula is C14H14N4O2. The fourth-order valence-electron chi connectivity index (χ4n) is 1.94. The Morgan fingerprint density at radius 1 is 1.45 bits per heavy atom. The molecule has 0 aliphatic carbocycles. The monoisotopic (exact) mass is 270 g/mol. The molecule has 0 amide bonds. The van der Waals surface area contributed by atoms with Crippen LogP contribution in [0.15, 0.2) is 30.5 Å². The largest absolute Gasteiger partial charge is 0.478 e. The molecule has 1 aromatic heterocycles. The Labute approximate surface area is 116 Å². The smallest absolute Gasteiger partial charge is 0.339 e. The third-order valence-corrected chi connectivity index (χ3v) is 3.12. The van der Waals surface area contributed by atoms with E-state index >= 15 is 0 Å². The van der Waals surface area contributed by atoms with E-state index in [1.807, 2.05) is 24.1 Å². The zero-order valence-electron chi connectivity index (χ0n) is 11.2. The topological polar surface area (TPSA) is 82.2 Å². The Morgan fingerprint density at radius 2 is 2.10 bits per heavy atom. The van der Waals surface area contributed by atoms with Gasteiger partial charge in [-0.25, -0.2) is 4.79 Å². The molecule has 0 saturated carbocycles. The van der Waals surface area contributed by atoms with Gasteiger partial charge >= 0.3 is 5.97 Å². The van der Waals surface area contributed by atoms with E-state index in [-0.39, 0.29) is 5.56 Å². The Morgan fingerprint density at radius 3 is 2.65 bits per heavy atom. The minimum atomic E-state index is -0.985. The molecule has 1 N–H and O–H groups in total. The number of hydrogen-bond donors (Lipinski definition) is 1. The van der Waals surface area contributed by atoms with Crippen LogP contribution in [0.4, 0.5) is 5.69 Å². The maximum absolute atomic E-state index is 11.1. The van der Waals surface area contributed by atoms with Crippen molar-refractivity contribution in [3.63, 3.8) is 0 Å². The van der Waals surface area contributed by atoms with Gasteiger partial charge in [0.15, 0.2) is 0 Å². The average Bonchev–Trinajstić information content (AvgIpc) is 2.80. The van der Waals surface area contributed by atoms with Crippen molar-refractivity contribution >= 4 is 11.7 Å². The molecule has 0 radical (unpaired) electrons. The molecule has 6 nitrogen and oxygen atoms in total. The molecular weight excluding hydrogens is 256 g/mol. The average molecular weight is 270 g/mol. The van der Waals surface area contributed by atoms with Crippen LogP contribution in [0.1, 0.15) is 21.6 Å². The summed E-state index contributed by atoms with van der Waals surface area (Å²) >= 11 is 0. The van der Waals surface area contributed by atoms with Crippen molar-refractivity contribution in [2.45, 2.75) is 6.54 Å². The van der Waals surface area contributed by atoms with Crippen LogP contribution in [-0.2, 0) is 13.6 Å². The Balaban J connectivity index is 2.23. The Hall–Kier alpha value is -2.81. The molecule has 0 bridgehead atoms. The van der Waals surface area contributed by atoms with E-state index in [9.17, 15) is 4.79 Å². The van der Waals surface area contributed by atoms with Crippen LogP contribution in [0.5, 0.6) is 0 Å². The van der Waals surface area contributed by atoms with Crippen LogP contribution in [0, 0.1) is 11.3 Å². The molecule has 2 aromatic rings. The lowest BCUT2D eigenvalue weighted by atomic mass is 10.2. The maximum atomic E-state index is 11.1. The van der Waals surface area contributed by atoms with Crippen molar-refractivity contribution in [1.82, 2.24) is 9.78 Å². The van der Waals surface area contributed by atoms with Crippen molar-refractivity contribution in [1.29, 1.82) is 5.26 Å². The SMILES string of the molecule is CN(Cc1c(C(=O)O)cnn1C)c1ccc(C#N)cc1. The van der Waals surface area contributed by atoms with Crippen molar-refractivity contribution in [3.8, 4) is 6.07 Å². The van der Waals surface area contributed by atoms with Crippen LogP contribution in [0.25, 0.3) is 0 Å². The van der Waals surface area contributed by atoms with Crippen LogP contribution in [0.2, 0.25) is 0 Å². The molecule has 20 heavy (non-hydrogen) atoms. The van der Waals surface area contributed by atoms with E-state index in [0.717, 1.165) is 5.69 Å². The second-order valence-electron chi connectivity index (χ2n) is 4.45. The van der Waals surface area contributed by atoms with Crippen molar-refractivity contribution in [3.05, 3.63) is 47.3 Å². The number of nitriles is 1. The fraction of sp³-hybridized carbons (Fsp3) is 0.214. The second kappa shape index (κ2) is 5.45. The highest BCUT2D eigenvalue weighted by atomic mass is 16.4. The molecule has 0 unspecified atom stereocenters. The number of carboxylic acid groups (broad SMARTS) is 1. The second-order valence-corrected chi connectivity index (χ2v) is 4.45. The number of aromatic nitrogens is 2. The quantitative estimate of drug-likeness (QED) is 0.913. The molecule has 0 fully saturated rings. The minimum absolute atomic E-state index is 0.202. The number of hydrogen-bond acceptors (Lipinski definition) is 4.